The Morgan fingerprint density at radius 1 is 1.19 bits per heavy atom. The molecule has 27 heavy (non-hydrogen) atoms. The van der Waals surface area contributed by atoms with Crippen molar-refractivity contribution in [2.45, 2.75) is 37.0 Å². The Bertz CT molecular complexity index is 879. The van der Waals surface area contributed by atoms with Gasteiger partial charge in [0.05, 0.1) is 5.92 Å². The van der Waals surface area contributed by atoms with Crippen LogP contribution >= 0.6 is 0 Å². The molecule has 2 aromatic rings. The van der Waals surface area contributed by atoms with Crippen LogP contribution in [0.1, 0.15) is 41.9 Å². The Morgan fingerprint density at radius 3 is 2.67 bits per heavy atom. The molecular formula is C22H22FNO3. The molecule has 2 aliphatic carbocycles. The van der Waals surface area contributed by atoms with E-state index in [0.29, 0.717) is 5.56 Å². The minimum atomic E-state index is -1.03. The van der Waals surface area contributed by atoms with Crippen molar-refractivity contribution in [2.75, 3.05) is 6.54 Å². The van der Waals surface area contributed by atoms with E-state index in [9.17, 15) is 19.1 Å². The molecule has 2 N–H and O–H groups in total. The number of carboxylic acids is 1. The molecule has 1 amide bonds. The summed E-state index contributed by atoms with van der Waals surface area (Å²) in [6.07, 6.45) is 3.96. The van der Waals surface area contributed by atoms with Gasteiger partial charge >= 0.3 is 5.97 Å². The summed E-state index contributed by atoms with van der Waals surface area (Å²) in [5, 5.41) is 12.3. The molecular weight excluding hydrogens is 345 g/mol. The summed E-state index contributed by atoms with van der Waals surface area (Å²) in [6.45, 7) is 0.00796. The number of nitrogens with one attached hydrogen (secondary N) is 1. The van der Waals surface area contributed by atoms with Crippen LogP contribution in [0, 0.1) is 11.7 Å². The van der Waals surface area contributed by atoms with E-state index in [1.54, 1.807) is 0 Å². The van der Waals surface area contributed by atoms with Gasteiger partial charge < -0.3 is 10.4 Å². The van der Waals surface area contributed by atoms with E-state index < -0.39 is 17.7 Å². The van der Waals surface area contributed by atoms with Gasteiger partial charge in [0, 0.05) is 17.9 Å². The number of aryl methyl sites for hydroxylation is 1. The second-order valence-electron chi connectivity index (χ2n) is 7.61. The number of carboxylic acid groups (broad SMARTS) is 1. The molecule has 0 saturated heterocycles. The Kier molecular flexibility index (Phi) is 4.46. The molecule has 4 rings (SSSR count). The van der Waals surface area contributed by atoms with E-state index in [4.69, 9.17) is 0 Å². The lowest BCUT2D eigenvalue weighted by Crippen LogP contribution is -2.35. The molecule has 0 aromatic heterocycles. The molecule has 140 valence electrons. The summed E-state index contributed by atoms with van der Waals surface area (Å²) >= 11 is 0. The third kappa shape index (κ3) is 3.22. The quantitative estimate of drug-likeness (QED) is 0.851. The molecule has 0 aliphatic heterocycles. The zero-order valence-corrected chi connectivity index (χ0v) is 15.0. The van der Waals surface area contributed by atoms with Gasteiger partial charge in [0.25, 0.3) is 0 Å². The zero-order chi connectivity index (χ0) is 19.0. The van der Waals surface area contributed by atoms with E-state index >= 15 is 0 Å². The van der Waals surface area contributed by atoms with E-state index in [1.165, 1.54) is 35.4 Å². The highest BCUT2D eigenvalue weighted by molar-refractivity contribution is 5.85. The topological polar surface area (TPSA) is 66.4 Å². The first kappa shape index (κ1) is 17.7. The minimum Gasteiger partial charge on any atom is -0.481 e. The van der Waals surface area contributed by atoms with Gasteiger partial charge in [0.15, 0.2) is 0 Å². The molecule has 1 saturated carbocycles. The molecule has 1 spiro atoms. The van der Waals surface area contributed by atoms with Gasteiger partial charge in [0.1, 0.15) is 5.82 Å². The Morgan fingerprint density at radius 2 is 1.93 bits per heavy atom. The largest absolute Gasteiger partial charge is 0.481 e. The molecule has 0 radical (unpaired) electrons. The van der Waals surface area contributed by atoms with Gasteiger partial charge in [-0.15, -0.1) is 0 Å². The molecule has 3 atom stereocenters. The van der Waals surface area contributed by atoms with Gasteiger partial charge in [0.2, 0.25) is 5.91 Å². The average Bonchev–Trinajstić information content (AvgIpc) is 3.38. The summed E-state index contributed by atoms with van der Waals surface area (Å²) in [7, 11) is 0. The second-order valence-corrected chi connectivity index (χ2v) is 7.61. The van der Waals surface area contributed by atoms with Gasteiger partial charge in [-0.25, -0.2) is 4.39 Å². The first-order valence-corrected chi connectivity index (χ1v) is 9.35. The standard InChI is InChI=1S/C22H22FNO3/c23-16-9-7-14(8-10-16)17(21(26)27)13-24-20(25)19-12-22(19)11-3-5-15-4-1-2-6-18(15)22/h1-2,4,6-10,17,19H,3,5,11-13H2,(H,24,25)(H,26,27). The summed E-state index contributed by atoms with van der Waals surface area (Å²) in [5.41, 5.74) is 3.02. The van der Waals surface area contributed by atoms with Crippen molar-refractivity contribution in [3.63, 3.8) is 0 Å². The van der Waals surface area contributed by atoms with E-state index in [2.05, 4.69) is 17.4 Å². The highest BCUT2D eigenvalue weighted by atomic mass is 19.1. The predicted octanol–water partition coefficient (Wildman–Crippen LogP) is 3.40. The average molecular weight is 367 g/mol. The zero-order valence-electron chi connectivity index (χ0n) is 15.0. The van der Waals surface area contributed by atoms with Crippen LogP contribution in [-0.4, -0.2) is 23.5 Å². The van der Waals surface area contributed by atoms with Crippen LogP contribution in [-0.2, 0) is 21.4 Å². The fourth-order valence-electron chi connectivity index (χ4n) is 4.54. The predicted molar refractivity (Wildman–Crippen MR) is 99.0 cm³/mol. The number of hydrogen-bond donors (Lipinski definition) is 2. The van der Waals surface area contributed by atoms with Crippen LogP contribution < -0.4 is 5.32 Å². The first-order chi connectivity index (χ1) is 13.0. The number of carbonyl (C=O) groups is 2. The van der Waals surface area contributed by atoms with Crippen LogP contribution in [0.2, 0.25) is 0 Å². The van der Waals surface area contributed by atoms with Gasteiger partial charge in [-0.3, -0.25) is 9.59 Å². The number of carbonyl (C=O) groups excluding carboxylic acids is 1. The fourth-order valence-corrected chi connectivity index (χ4v) is 4.54. The molecule has 2 aliphatic rings. The molecule has 3 unspecified atom stereocenters. The van der Waals surface area contributed by atoms with E-state index in [0.717, 1.165) is 25.7 Å². The third-order valence-electron chi connectivity index (χ3n) is 6.07. The van der Waals surface area contributed by atoms with Gasteiger partial charge in [-0.1, -0.05) is 36.4 Å². The minimum absolute atomic E-state index is 0.00796. The first-order valence-electron chi connectivity index (χ1n) is 9.35. The Balaban J connectivity index is 1.45. The fraction of sp³-hybridized carbons (Fsp3) is 0.364. The lowest BCUT2D eigenvalue weighted by Gasteiger charge is -2.26. The van der Waals surface area contributed by atoms with Crippen LogP contribution in [0.25, 0.3) is 0 Å². The van der Waals surface area contributed by atoms with Crippen LogP contribution in [0.15, 0.2) is 48.5 Å². The number of rotatable bonds is 5. The summed E-state index contributed by atoms with van der Waals surface area (Å²) in [4.78, 5) is 24.3. The van der Waals surface area contributed by atoms with E-state index in [1.807, 2.05) is 12.1 Å². The Hall–Kier alpha value is -2.69. The molecule has 1 fully saturated rings. The van der Waals surface area contributed by atoms with Crippen molar-refractivity contribution in [1.82, 2.24) is 5.32 Å². The van der Waals surface area contributed by atoms with Crippen LogP contribution in [0.4, 0.5) is 4.39 Å². The lowest BCUT2D eigenvalue weighted by atomic mass is 9.78. The number of hydrogen-bond acceptors (Lipinski definition) is 2. The SMILES string of the molecule is O=C(O)C(CNC(=O)C1CC12CCCc1ccccc12)c1ccc(F)cc1. The van der Waals surface area contributed by atoms with Crippen LogP contribution in [0.5, 0.6) is 0 Å². The molecule has 5 heteroatoms. The maximum absolute atomic E-state index is 13.1. The maximum atomic E-state index is 13.1. The number of fused-ring (bicyclic) bond motifs is 2. The van der Waals surface area contributed by atoms with Crippen molar-refractivity contribution in [3.8, 4) is 0 Å². The summed E-state index contributed by atoms with van der Waals surface area (Å²) in [6, 6.07) is 13.7. The Labute approximate surface area is 157 Å². The van der Waals surface area contributed by atoms with Gasteiger partial charge in [-0.2, -0.15) is 0 Å². The van der Waals surface area contributed by atoms with Crippen molar-refractivity contribution in [3.05, 3.63) is 71.0 Å². The number of amides is 1. The highest BCUT2D eigenvalue weighted by Gasteiger charge is 2.60. The van der Waals surface area contributed by atoms with E-state index in [-0.39, 0.29) is 23.8 Å². The number of halogens is 1. The number of benzene rings is 2. The maximum Gasteiger partial charge on any atom is 0.312 e. The third-order valence-corrected chi connectivity index (χ3v) is 6.07. The van der Waals surface area contributed by atoms with Crippen molar-refractivity contribution in [2.24, 2.45) is 5.92 Å². The normalized spacial score (nSPS) is 24.1. The lowest BCUT2D eigenvalue weighted by molar-refractivity contribution is -0.138. The summed E-state index contributed by atoms with van der Waals surface area (Å²) in [5.74, 6) is -2.51. The highest BCUT2D eigenvalue weighted by Crippen LogP contribution is 2.60. The van der Waals surface area contributed by atoms with Crippen LogP contribution in [0.3, 0.4) is 0 Å². The molecule has 0 heterocycles. The molecule has 4 nitrogen and oxygen atoms in total. The van der Waals surface area contributed by atoms with Crippen molar-refractivity contribution in [1.29, 1.82) is 0 Å². The summed E-state index contributed by atoms with van der Waals surface area (Å²) < 4.78 is 13.1. The van der Waals surface area contributed by atoms with Gasteiger partial charge in [-0.05, 0) is 54.5 Å². The smallest absolute Gasteiger partial charge is 0.312 e. The van der Waals surface area contributed by atoms with Crippen molar-refractivity contribution < 1.29 is 19.1 Å². The van der Waals surface area contributed by atoms with Crippen molar-refractivity contribution >= 4 is 11.9 Å². The molecule has 2 aromatic carbocycles. The second kappa shape index (κ2) is 6.80. The monoisotopic (exact) mass is 367 g/mol. The molecule has 0 bridgehead atoms. The number of aliphatic carboxylic acids is 1.